The lowest BCUT2D eigenvalue weighted by atomic mass is 9.99. The quantitative estimate of drug-likeness (QED) is 0.324. The fraction of sp³-hybridized carbons (Fsp3) is 0.414. The number of hydrogen-bond donors (Lipinski definition) is 2. The summed E-state index contributed by atoms with van der Waals surface area (Å²) in [6.07, 6.45) is 5.10. The van der Waals surface area contributed by atoms with Gasteiger partial charge in [-0.25, -0.2) is 4.39 Å². The molecule has 0 aliphatic carbocycles. The molecule has 0 bridgehead atoms. The molecule has 0 amide bonds. The van der Waals surface area contributed by atoms with Crippen LogP contribution < -0.4 is 20.4 Å². The Morgan fingerprint density at radius 2 is 1.68 bits per heavy atom. The fourth-order valence-corrected chi connectivity index (χ4v) is 5.22. The molecular formula is C29H35FN6S. The van der Waals surface area contributed by atoms with Gasteiger partial charge in [0.05, 0.1) is 0 Å². The standard InChI is InChI=1S/C29H35FN6S/c1-21-12-16-35(17-13-21)26-19-27(36-18-14-23-6-2-3-7-24(23)20-36)33-28(32-26)34-29(37)31-15-4-5-22-8-10-25(30)11-9-22/h2-3,6-11,19,21H,4-5,12-18,20H2,1H3,(H2,31,32,33,34,37). The number of anilines is 3. The van der Waals surface area contributed by atoms with Crippen LogP contribution in [0.15, 0.2) is 54.6 Å². The van der Waals surface area contributed by atoms with Crippen molar-refractivity contribution in [2.45, 2.75) is 45.6 Å². The molecule has 2 aliphatic heterocycles. The van der Waals surface area contributed by atoms with Crippen molar-refractivity contribution in [2.75, 3.05) is 41.3 Å². The van der Waals surface area contributed by atoms with E-state index in [1.54, 1.807) is 0 Å². The van der Waals surface area contributed by atoms with Crippen LogP contribution >= 0.6 is 12.2 Å². The minimum atomic E-state index is -0.207. The lowest BCUT2D eigenvalue weighted by Crippen LogP contribution is -2.36. The summed E-state index contributed by atoms with van der Waals surface area (Å²) in [6, 6.07) is 17.4. The number of piperidine rings is 1. The second-order valence-electron chi connectivity index (χ2n) is 10.1. The number of halogens is 1. The molecule has 5 rings (SSSR count). The highest BCUT2D eigenvalue weighted by atomic mass is 32.1. The van der Waals surface area contributed by atoms with E-state index in [1.807, 2.05) is 12.1 Å². The van der Waals surface area contributed by atoms with E-state index in [4.69, 9.17) is 22.2 Å². The predicted molar refractivity (Wildman–Crippen MR) is 153 cm³/mol. The van der Waals surface area contributed by atoms with Gasteiger partial charge in [-0.3, -0.25) is 0 Å². The van der Waals surface area contributed by atoms with Crippen LogP contribution in [0.2, 0.25) is 0 Å². The van der Waals surface area contributed by atoms with Gasteiger partial charge in [-0.2, -0.15) is 9.97 Å². The maximum Gasteiger partial charge on any atom is 0.232 e. The smallest absolute Gasteiger partial charge is 0.232 e. The zero-order chi connectivity index (χ0) is 25.6. The molecule has 0 radical (unpaired) electrons. The molecule has 1 aromatic heterocycles. The van der Waals surface area contributed by atoms with Gasteiger partial charge in [-0.05, 0) is 79.1 Å². The first-order valence-corrected chi connectivity index (χ1v) is 13.7. The van der Waals surface area contributed by atoms with Crippen LogP contribution in [0.5, 0.6) is 0 Å². The van der Waals surface area contributed by atoms with Crippen molar-refractivity contribution in [2.24, 2.45) is 5.92 Å². The third-order valence-electron chi connectivity index (χ3n) is 7.33. The number of nitrogens with one attached hydrogen (secondary N) is 2. The third-order valence-corrected chi connectivity index (χ3v) is 7.57. The molecule has 3 heterocycles. The Bertz CT molecular complexity index is 1210. The van der Waals surface area contributed by atoms with Crippen LogP contribution in [0, 0.1) is 11.7 Å². The average Bonchev–Trinajstić information content (AvgIpc) is 2.92. The normalized spacial score (nSPS) is 15.8. The number of thiocarbonyl (C=S) groups is 1. The molecule has 6 nitrogen and oxygen atoms in total. The van der Waals surface area contributed by atoms with E-state index in [0.717, 1.165) is 68.6 Å². The lowest BCUT2D eigenvalue weighted by molar-refractivity contribution is 0.436. The van der Waals surface area contributed by atoms with Gasteiger partial charge in [0.25, 0.3) is 0 Å². The van der Waals surface area contributed by atoms with E-state index in [0.29, 0.717) is 17.6 Å². The first kappa shape index (κ1) is 25.4. The van der Waals surface area contributed by atoms with Gasteiger partial charge in [-0.15, -0.1) is 0 Å². The van der Waals surface area contributed by atoms with Crippen molar-refractivity contribution < 1.29 is 4.39 Å². The molecule has 0 unspecified atom stereocenters. The predicted octanol–water partition coefficient (Wildman–Crippen LogP) is 5.33. The summed E-state index contributed by atoms with van der Waals surface area (Å²) >= 11 is 5.57. The molecular weight excluding hydrogens is 483 g/mol. The van der Waals surface area contributed by atoms with Crippen LogP contribution in [0.4, 0.5) is 22.0 Å². The number of aryl methyl sites for hydroxylation is 1. The number of rotatable bonds is 7. The highest BCUT2D eigenvalue weighted by Gasteiger charge is 2.22. The Balaban J connectivity index is 1.26. The first-order valence-electron chi connectivity index (χ1n) is 13.3. The van der Waals surface area contributed by atoms with E-state index < -0.39 is 0 Å². The molecule has 2 N–H and O–H groups in total. The molecule has 0 atom stereocenters. The van der Waals surface area contributed by atoms with Gasteiger partial charge < -0.3 is 20.4 Å². The molecule has 2 aromatic carbocycles. The molecule has 37 heavy (non-hydrogen) atoms. The second-order valence-corrected chi connectivity index (χ2v) is 10.5. The molecule has 194 valence electrons. The second kappa shape index (κ2) is 11.9. The van der Waals surface area contributed by atoms with Crippen LogP contribution in [-0.4, -0.2) is 41.3 Å². The SMILES string of the molecule is CC1CCN(c2cc(N3CCc4ccccc4C3)nc(NC(=S)NCCCc3ccc(F)cc3)n2)CC1. The monoisotopic (exact) mass is 518 g/mol. The Morgan fingerprint density at radius 1 is 0.973 bits per heavy atom. The topological polar surface area (TPSA) is 56.3 Å². The first-order chi connectivity index (χ1) is 18.0. The molecule has 1 saturated heterocycles. The van der Waals surface area contributed by atoms with E-state index in [1.165, 1.54) is 36.1 Å². The number of fused-ring (bicyclic) bond motifs is 1. The van der Waals surface area contributed by atoms with E-state index in [2.05, 4.69) is 57.7 Å². The average molecular weight is 519 g/mol. The number of benzene rings is 2. The maximum atomic E-state index is 13.1. The summed E-state index contributed by atoms with van der Waals surface area (Å²) in [5.41, 5.74) is 3.89. The Kier molecular flexibility index (Phi) is 8.14. The van der Waals surface area contributed by atoms with Crippen molar-refractivity contribution in [3.63, 3.8) is 0 Å². The van der Waals surface area contributed by atoms with E-state index in [9.17, 15) is 4.39 Å². The Labute approximate surface area is 224 Å². The van der Waals surface area contributed by atoms with Crippen molar-refractivity contribution in [1.82, 2.24) is 15.3 Å². The van der Waals surface area contributed by atoms with Gasteiger partial charge in [-0.1, -0.05) is 43.3 Å². The summed E-state index contributed by atoms with van der Waals surface area (Å²) in [7, 11) is 0. The number of nitrogens with zero attached hydrogens (tertiary/aromatic N) is 4. The number of aromatic nitrogens is 2. The van der Waals surface area contributed by atoms with E-state index in [-0.39, 0.29) is 5.82 Å². The zero-order valence-corrected chi connectivity index (χ0v) is 22.2. The summed E-state index contributed by atoms with van der Waals surface area (Å²) in [4.78, 5) is 14.4. The summed E-state index contributed by atoms with van der Waals surface area (Å²) in [5, 5.41) is 7.01. The highest BCUT2D eigenvalue weighted by Crippen LogP contribution is 2.29. The summed E-state index contributed by atoms with van der Waals surface area (Å²) < 4.78 is 13.1. The van der Waals surface area contributed by atoms with Crippen molar-refractivity contribution in [3.05, 3.63) is 77.1 Å². The minimum Gasteiger partial charge on any atom is -0.362 e. The van der Waals surface area contributed by atoms with Gasteiger partial charge in [0.15, 0.2) is 5.11 Å². The van der Waals surface area contributed by atoms with Gasteiger partial charge in [0.1, 0.15) is 17.5 Å². The van der Waals surface area contributed by atoms with Crippen LogP contribution in [0.3, 0.4) is 0 Å². The van der Waals surface area contributed by atoms with Gasteiger partial charge in [0, 0.05) is 38.8 Å². The van der Waals surface area contributed by atoms with Crippen LogP contribution in [-0.2, 0) is 19.4 Å². The molecule has 0 saturated carbocycles. The van der Waals surface area contributed by atoms with Gasteiger partial charge in [0.2, 0.25) is 5.95 Å². The molecule has 0 spiro atoms. The Morgan fingerprint density at radius 3 is 2.43 bits per heavy atom. The number of hydrogen-bond acceptors (Lipinski definition) is 5. The zero-order valence-electron chi connectivity index (χ0n) is 21.4. The summed E-state index contributed by atoms with van der Waals surface area (Å²) in [6.45, 7) is 6.81. The van der Waals surface area contributed by atoms with Crippen LogP contribution in [0.1, 0.15) is 42.9 Å². The molecule has 8 heteroatoms. The Hall–Kier alpha value is -3.26. The third kappa shape index (κ3) is 6.74. The summed E-state index contributed by atoms with van der Waals surface area (Å²) in [5.74, 6) is 2.96. The molecule has 3 aromatic rings. The maximum absolute atomic E-state index is 13.1. The van der Waals surface area contributed by atoms with Crippen molar-refractivity contribution in [3.8, 4) is 0 Å². The van der Waals surface area contributed by atoms with E-state index >= 15 is 0 Å². The molecule has 1 fully saturated rings. The minimum absolute atomic E-state index is 0.207. The van der Waals surface area contributed by atoms with Gasteiger partial charge >= 0.3 is 0 Å². The van der Waals surface area contributed by atoms with Crippen molar-refractivity contribution >= 4 is 34.9 Å². The largest absolute Gasteiger partial charge is 0.362 e. The van der Waals surface area contributed by atoms with Crippen LogP contribution in [0.25, 0.3) is 0 Å². The molecule has 2 aliphatic rings. The van der Waals surface area contributed by atoms with Crippen molar-refractivity contribution in [1.29, 1.82) is 0 Å². The highest BCUT2D eigenvalue weighted by molar-refractivity contribution is 7.80. The lowest BCUT2D eigenvalue weighted by Gasteiger charge is -2.33. The fourth-order valence-electron chi connectivity index (χ4n) is 5.02.